The summed E-state index contributed by atoms with van der Waals surface area (Å²) in [6.07, 6.45) is 29.1. The predicted molar refractivity (Wildman–Crippen MR) is 182 cm³/mol. The number of aromatic nitrogens is 3. The van der Waals surface area contributed by atoms with Crippen LogP contribution in [0.25, 0.3) is 0 Å². The van der Waals surface area contributed by atoms with Crippen LogP contribution in [0.2, 0.25) is 0 Å². The predicted octanol–water partition coefficient (Wildman–Crippen LogP) is 7.70. The molecular formula is C36H62N3O5S+. The van der Waals surface area contributed by atoms with Crippen LogP contribution in [0, 0.1) is 0 Å². The number of nitrogens with zero attached hydrogens (tertiary/aromatic N) is 3. The lowest BCUT2D eigenvalue weighted by Gasteiger charge is -2.18. The number of aryl methyl sites for hydroxylation is 1. The molecule has 0 saturated carbocycles. The summed E-state index contributed by atoms with van der Waals surface area (Å²) in [6, 6.07) is 7.86. The molecule has 2 aromatic heterocycles. The van der Waals surface area contributed by atoms with Gasteiger partial charge in [0.1, 0.15) is 6.10 Å². The smallest absolute Gasteiger partial charge is 0.316 e. The van der Waals surface area contributed by atoms with Gasteiger partial charge in [0.15, 0.2) is 28.8 Å². The van der Waals surface area contributed by atoms with Crippen LogP contribution in [0.15, 0.2) is 49.1 Å². The van der Waals surface area contributed by atoms with Gasteiger partial charge in [0.25, 0.3) is 0 Å². The Morgan fingerprint density at radius 2 is 1.18 bits per heavy atom. The first-order valence-electron chi connectivity index (χ1n) is 17.8. The molecular weight excluding hydrogens is 586 g/mol. The minimum Gasteiger partial charge on any atom is -0.457 e. The van der Waals surface area contributed by atoms with Gasteiger partial charge < -0.3 is 14.2 Å². The molecule has 2 heterocycles. The summed E-state index contributed by atoms with van der Waals surface area (Å²) >= 11 is 0. The molecule has 1 unspecified atom stereocenters. The number of unbranched alkanes of at least 4 members (excludes halogenated alkanes) is 15. The second-order valence-corrected chi connectivity index (χ2v) is 14.4. The maximum absolute atomic E-state index is 12.9. The van der Waals surface area contributed by atoms with E-state index in [9.17, 15) is 8.42 Å². The van der Waals surface area contributed by atoms with Gasteiger partial charge in [0.05, 0.1) is 24.7 Å². The van der Waals surface area contributed by atoms with Gasteiger partial charge in [-0.25, -0.2) is 23.0 Å². The van der Waals surface area contributed by atoms with Crippen molar-refractivity contribution < 1.29 is 27.2 Å². The first-order valence-corrected chi connectivity index (χ1v) is 19.6. The average molecular weight is 649 g/mol. The van der Waals surface area contributed by atoms with Crippen molar-refractivity contribution in [1.82, 2.24) is 9.97 Å². The van der Waals surface area contributed by atoms with E-state index in [4.69, 9.17) is 14.2 Å². The van der Waals surface area contributed by atoms with Crippen molar-refractivity contribution in [3.05, 3.63) is 49.1 Å². The van der Waals surface area contributed by atoms with Crippen LogP contribution in [-0.2, 0) is 25.9 Å². The SMILES string of the molecule is CCCCCCCCCCCCCCCCCCOCC(CS(=O)(=O)CCCOCCC[n+]1ccccc1)Oc1ncccn1. The monoisotopic (exact) mass is 648 g/mol. The Kier molecular flexibility index (Phi) is 23.5. The van der Waals surface area contributed by atoms with Gasteiger partial charge in [-0.15, -0.1) is 0 Å². The van der Waals surface area contributed by atoms with Gasteiger partial charge in [0, 0.05) is 44.2 Å². The molecule has 0 N–H and O–H groups in total. The topological polar surface area (TPSA) is 91.5 Å². The van der Waals surface area contributed by atoms with E-state index < -0.39 is 15.9 Å². The fourth-order valence-electron chi connectivity index (χ4n) is 5.36. The van der Waals surface area contributed by atoms with Crippen LogP contribution >= 0.6 is 0 Å². The van der Waals surface area contributed by atoms with Crippen molar-refractivity contribution in [3.8, 4) is 6.01 Å². The molecule has 8 nitrogen and oxygen atoms in total. The third kappa shape index (κ3) is 23.0. The number of rotatable bonds is 31. The Hall–Kier alpha value is -2.10. The van der Waals surface area contributed by atoms with Crippen molar-refractivity contribution in [2.45, 2.75) is 135 Å². The van der Waals surface area contributed by atoms with Crippen LogP contribution in [0.1, 0.15) is 122 Å². The van der Waals surface area contributed by atoms with Gasteiger partial charge in [-0.1, -0.05) is 109 Å². The molecule has 0 saturated heterocycles. The molecule has 0 radical (unpaired) electrons. The van der Waals surface area contributed by atoms with E-state index in [0.29, 0.717) is 26.2 Å². The third-order valence-electron chi connectivity index (χ3n) is 7.93. The normalized spacial score (nSPS) is 12.4. The van der Waals surface area contributed by atoms with E-state index in [-0.39, 0.29) is 24.1 Å². The standard InChI is InChI=1S/C36H62N3O5S/c1-2-3-4-5-6-7-8-9-10-11-12-13-14-15-16-20-29-43-33-35(44-36-37-24-21-25-38-36)34-45(40,41)32-23-31-42-30-22-28-39-26-18-17-19-27-39/h17-19,21,24-27,35H,2-16,20,22-23,28-34H2,1H3/q+1. The summed E-state index contributed by atoms with van der Waals surface area (Å²) < 4.78 is 45.2. The van der Waals surface area contributed by atoms with E-state index in [2.05, 4.69) is 21.5 Å². The first-order chi connectivity index (χ1) is 22.1. The van der Waals surface area contributed by atoms with Gasteiger partial charge >= 0.3 is 6.01 Å². The zero-order valence-corrected chi connectivity index (χ0v) is 29.0. The first kappa shape index (κ1) is 39.1. The fourth-order valence-corrected chi connectivity index (χ4v) is 6.82. The highest BCUT2D eigenvalue weighted by Crippen LogP contribution is 2.14. The number of ether oxygens (including phenoxy) is 3. The lowest BCUT2D eigenvalue weighted by atomic mass is 10.0. The van der Waals surface area contributed by atoms with E-state index in [1.165, 1.54) is 89.9 Å². The Bertz CT molecular complexity index is 1030. The molecule has 2 aromatic rings. The molecule has 0 aliphatic carbocycles. The number of pyridine rings is 1. The molecule has 0 spiro atoms. The Morgan fingerprint density at radius 3 is 1.78 bits per heavy atom. The van der Waals surface area contributed by atoms with Crippen molar-refractivity contribution in [2.24, 2.45) is 0 Å². The van der Waals surface area contributed by atoms with Crippen LogP contribution in [0.4, 0.5) is 0 Å². The van der Waals surface area contributed by atoms with Crippen molar-refractivity contribution in [2.75, 3.05) is 37.9 Å². The van der Waals surface area contributed by atoms with E-state index in [0.717, 1.165) is 25.8 Å². The van der Waals surface area contributed by atoms with Gasteiger partial charge in [-0.05, 0) is 18.9 Å². The Balaban J connectivity index is 1.51. The summed E-state index contributed by atoms with van der Waals surface area (Å²) in [5.74, 6) is -0.0794. The molecule has 2 rings (SSSR count). The molecule has 45 heavy (non-hydrogen) atoms. The van der Waals surface area contributed by atoms with Gasteiger partial charge in [-0.3, -0.25) is 0 Å². The number of hydrogen-bond acceptors (Lipinski definition) is 7. The minimum absolute atomic E-state index is 0.0507. The summed E-state index contributed by atoms with van der Waals surface area (Å²) in [7, 11) is -3.36. The molecule has 0 aliphatic heterocycles. The van der Waals surface area contributed by atoms with Crippen LogP contribution in [-0.4, -0.2) is 62.4 Å². The maximum atomic E-state index is 12.9. The van der Waals surface area contributed by atoms with Gasteiger partial charge in [-0.2, -0.15) is 0 Å². The molecule has 0 aromatic carbocycles. The van der Waals surface area contributed by atoms with E-state index >= 15 is 0 Å². The second-order valence-electron chi connectivity index (χ2n) is 12.2. The number of hydrogen-bond donors (Lipinski definition) is 0. The molecule has 1 atom stereocenters. The zero-order chi connectivity index (χ0) is 32.1. The zero-order valence-electron chi connectivity index (χ0n) is 28.2. The average Bonchev–Trinajstić information content (AvgIpc) is 3.04. The lowest BCUT2D eigenvalue weighted by molar-refractivity contribution is -0.697. The summed E-state index contributed by atoms with van der Waals surface area (Å²) in [5.41, 5.74) is 0. The summed E-state index contributed by atoms with van der Waals surface area (Å²) in [5, 5.41) is 0. The summed E-state index contributed by atoms with van der Waals surface area (Å²) in [4.78, 5) is 8.20. The van der Waals surface area contributed by atoms with Crippen molar-refractivity contribution >= 4 is 9.84 Å². The Morgan fingerprint density at radius 1 is 0.644 bits per heavy atom. The molecule has 0 bridgehead atoms. The second kappa shape index (κ2) is 27.1. The lowest BCUT2D eigenvalue weighted by Crippen LogP contribution is -2.33. The van der Waals surface area contributed by atoms with Crippen LogP contribution in [0.5, 0.6) is 6.01 Å². The fraction of sp³-hybridized carbons (Fsp3) is 0.750. The van der Waals surface area contributed by atoms with Crippen molar-refractivity contribution in [3.63, 3.8) is 0 Å². The molecule has 9 heteroatoms. The van der Waals surface area contributed by atoms with Crippen molar-refractivity contribution in [1.29, 1.82) is 0 Å². The highest BCUT2D eigenvalue weighted by Gasteiger charge is 2.22. The molecule has 256 valence electrons. The van der Waals surface area contributed by atoms with Crippen LogP contribution < -0.4 is 9.30 Å². The minimum atomic E-state index is -3.36. The maximum Gasteiger partial charge on any atom is 0.316 e. The van der Waals surface area contributed by atoms with Gasteiger partial charge in [0.2, 0.25) is 0 Å². The molecule has 0 amide bonds. The highest BCUT2D eigenvalue weighted by molar-refractivity contribution is 7.91. The number of sulfone groups is 1. The molecule has 0 aliphatic rings. The quantitative estimate of drug-likeness (QED) is 0.0611. The van der Waals surface area contributed by atoms with E-state index in [1.54, 1.807) is 18.5 Å². The van der Waals surface area contributed by atoms with Crippen LogP contribution in [0.3, 0.4) is 0 Å². The summed E-state index contributed by atoms with van der Waals surface area (Å²) in [6.45, 7) is 4.97. The third-order valence-corrected chi connectivity index (χ3v) is 9.72. The molecule has 0 fully saturated rings. The highest BCUT2D eigenvalue weighted by atomic mass is 32.2. The van der Waals surface area contributed by atoms with E-state index in [1.807, 2.05) is 30.6 Å². The Labute approximate surface area is 274 Å². The largest absolute Gasteiger partial charge is 0.457 e.